The number of anilines is 1. The average molecular weight is 362 g/mol. The summed E-state index contributed by atoms with van der Waals surface area (Å²) in [5.74, 6) is 0.0974. The number of nitrogens with two attached hydrogens (primary N) is 1. The smallest absolute Gasteiger partial charge is 0.187 e. The van der Waals surface area contributed by atoms with Gasteiger partial charge in [0, 0.05) is 11.6 Å². The van der Waals surface area contributed by atoms with E-state index in [1.807, 2.05) is 30.3 Å². The van der Waals surface area contributed by atoms with Gasteiger partial charge in [-0.3, -0.25) is 0 Å². The summed E-state index contributed by atoms with van der Waals surface area (Å²) < 4.78 is 26.8. The van der Waals surface area contributed by atoms with Crippen LogP contribution in [0.4, 0.5) is 5.82 Å². The minimum absolute atomic E-state index is 0.0558. The fourth-order valence-electron chi connectivity index (χ4n) is 2.38. The van der Waals surface area contributed by atoms with Crippen LogP contribution < -0.4 is 5.73 Å². The van der Waals surface area contributed by atoms with Gasteiger partial charge in [-0.05, 0) is 20.1 Å². The molecule has 2 aromatic heterocycles. The first kappa shape index (κ1) is 16.8. The van der Waals surface area contributed by atoms with Crippen LogP contribution in [0, 0.1) is 0 Å². The van der Waals surface area contributed by atoms with E-state index >= 15 is 0 Å². The highest BCUT2D eigenvalue weighted by Gasteiger charge is 2.29. The number of aromatic nitrogens is 3. The van der Waals surface area contributed by atoms with Crippen LogP contribution in [0.2, 0.25) is 0 Å². The molecule has 0 bridgehead atoms. The van der Waals surface area contributed by atoms with Crippen molar-refractivity contribution in [3.63, 3.8) is 0 Å². The Bertz CT molecular complexity index is 996. The minimum atomic E-state index is -3.57. The van der Waals surface area contributed by atoms with E-state index in [-0.39, 0.29) is 10.7 Å². The van der Waals surface area contributed by atoms with E-state index in [1.54, 1.807) is 26.2 Å². The summed E-state index contributed by atoms with van der Waals surface area (Å²) in [6.45, 7) is 3.25. The van der Waals surface area contributed by atoms with Crippen molar-refractivity contribution in [3.05, 3.63) is 36.4 Å². The molecule has 0 atom stereocenters. The maximum Gasteiger partial charge on any atom is 0.187 e. The predicted octanol–water partition coefficient (Wildman–Crippen LogP) is 2.88. The average Bonchev–Trinajstić information content (AvgIpc) is 2.99. The van der Waals surface area contributed by atoms with E-state index in [0.717, 1.165) is 5.56 Å². The number of nitrogen functional groups attached to an aromatic ring is 1. The molecule has 0 radical (unpaired) electrons. The maximum absolute atomic E-state index is 12.7. The highest BCUT2D eigenvalue weighted by molar-refractivity contribution is 7.99. The number of sulfone groups is 1. The van der Waals surface area contributed by atoms with E-state index in [9.17, 15) is 8.42 Å². The van der Waals surface area contributed by atoms with Crippen LogP contribution >= 0.6 is 11.8 Å². The van der Waals surface area contributed by atoms with Gasteiger partial charge >= 0.3 is 0 Å². The lowest BCUT2D eigenvalue weighted by atomic mass is 10.2. The zero-order valence-electron chi connectivity index (χ0n) is 13.6. The van der Waals surface area contributed by atoms with Crippen LogP contribution in [0.25, 0.3) is 16.9 Å². The van der Waals surface area contributed by atoms with Crippen molar-refractivity contribution >= 4 is 33.1 Å². The molecular weight excluding hydrogens is 344 g/mol. The number of hydrogen-bond acceptors (Lipinski definition) is 6. The molecule has 6 nitrogen and oxygen atoms in total. The molecule has 2 heterocycles. The lowest BCUT2D eigenvalue weighted by Gasteiger charge is -2.14. The van der Waals surface area contributed by atoms with E-state index in [1.165, 1.54) is 16.3 Å². The summed E-state index contributed by atoms with van der Waals surface area (Å²) in [6, 6.07) is 11.4. The zero-order valence-corrected chi connectivity index (χ0v) is 15.2. The van der Waals surface area contributed by atoms with Crippen LogP contribution in [-0.2, 0) is 9.84 Å². The van der Waals surface area contributed by atoms with E-state index in [4.69, 9.17) is 5.73 Å². The van der Waals surface area contributed by atoms with Crippen molar-refractivity contribution in [2.75, 3.05) is 12.0 Å². The number of nitrogens with zero attached hydrogens (tertiary/aromatic N) is 3. The summed E-state index contributed by atoms with van der Waals surface area (Å²) in [7, 11) is -3.57. The van der Waals surface area contributed by atoms with Crippen molar-refractivity contribution in [2.45, 2.75) is 29.0 Å². The Balaban J connectivity index is 2.31. The highest BCUT2D eigenvalue weighted by atomic mass is 32.2. The van der Waals surface area contributed by atoms with Crippen LogP contribution in [-0.4, -0.2) is 34.5 Å². The molecule has 0 amide bonds. The molecule has 3 aromatic rings. The van der Waals surface area contributed by atoms with Gasteiger partial charge in [0.2, 0.25) is 0 Å². The molecule has 3 rings (SSSR count). The normalized spacial score (nSPS) is 12.2. The molecule has 126 valence electrons. The minimum Gasteiger partial charge on any atom is -0.382 e. The van der Waals surface area contributed by atoms with Gasteiger partial charge in [-0.1, -0.05) is 30.3 Å². The van der Waals surface area contributed by atoms with Crippen LogP contribution in [0.5, 0.6) is 0 Å². The fraction of sp³-hybridized carbons (Fsp3) is 0.250. The molecule has 0 fully saturated rings. The summed E-state index contributed by atoms with van der Waals surface area (Å²) in [5.41, 5.74) is 8.32. The zero-order chi connectivity index (χ0) is 17.5. The highest BCUT2D eigenvalue weighted by Crippen LogP contribution is 2.32. The second-order valence-corrected chi connectivity index (χ2v) is 8.83. The number of thioether (sulfide) groups is 1. The topological polar surface area (TPSA) is 90.3 Å². The Kier molecular flexibility index (Phi) is 4.27. The third-order valence-corrected chi connectivity index (χ3v) is 6.75. The van der Waals surface area contributed by atoms with Gasteiger partial charge in [-0.25, -0.2) is 13.4 Å². The second-order valence-electron chi connectivity index (χ2n) is 5.59. The van der Waals surface area contributed by atoms with Gasteiger partial charge in [0.05, 0.1) is 10.9 Å². The molecule has 0 saturated heterocycles. The van der Waals surface area contributed by atoms with E-state index in [2.05, 4.69) is 10.1 Å². The van der Waals surface area contributed by atoms with Crippen molar-refractivity contribution in [1.82, 2.24) is 14.6 Å². The molecule has 2 N–H and O–H groups in total. The number of hydrogen-bond donors (Lipinski definition) is 1. The summed E-state index contributed by atoms with van der Waals surface area (Å²) in [5, 5.41) is 4.25. The molecule has 1 aromatic carbocycles. The molecule has 0 aliphatic carbocycles. The predicted molar refractivity (Wildman–Crippen MR) is 96.9 cm³/mol. The summed E-state index contributed by atoms with van der Waals surface area (Å²) in [4.78, 5) is 4.51. The van der Waals surface area contributed by atoms with E-state index in [0.29, 0.717) is 16.4 Å². The van der Waals surface area contributed by atoms with Crippen molar-refractivity contribution in [2.24, 2.45) is 0 Å². The molecule has 0 spiro atoms. The fourth-order valence-corrected chi connectivity index (χ4v) is 4.59. The second kappa shape index (κ2) is 6.10. The van der Waals surface area contributed by atoms with Crippen molar-refractivity contribution < 1.29 is 8.42 Å². The number of fused-ring (bicyclic) bond motifs is 1. The Labute approximate surface area is 145 Å². The molecule has 8 heteroatoms. The first-order chi connectivity index (χ1) is 11.4. The van der Waals surface area contributed by atoms with Crippen molar-refractivity contribution in [1.29, 1.82) is 0 Å². The largest absolute Gasteiger partial charge is 0.382 e. The Hall–Kier alpha value is -2.06. The number of rotatable bonds is 4. The van der Waals surface area contributed by atoms with Gasteiger partial charge in [0.15, 0.2) is 15.5 Å². The van der Waals surface area contributed by atoms with Crippen LogP contribution in [0.1, 0.15) is 13.8 Å². The van der Waals surface area contributed by atoms with Gasteiger partial charge in [-0.15, -0.1) is 11.8 Å². The summed E-state index contributed by atoms with van der Waals surface area (Å²) >= 11 is 1.26. The van der Waals surface area contributed by atoms with Gasteiger partial charge in [0.25, 0.3) is 0 Å². The molecule has 0 aliphatic heterocycles. The quantitative estimate of drug-likeness (QED) is 0.567. The standard InChI is InChI=1S/C16H18N4O2S2/c1-10(2)24(21,22)14-15(17)20-13(18-16(14)23-3)9-12(19-20)11-7-5-4-6-8-11/h4-10H,17H2,1-3H3. The molecule has 0 saturated carbocycles. The monoisotopic (exact) mass is 362 g/mol. The lowest BCUT2D eigenvalue weighted by Crippen LogP contribution is -2.19. The molecular formula is C16H18N4O2S2. The van der Waals surface area contributed by atoms with Crippen LogP contribution in [0.15, 0.2) is 46.3 Å². The van der Waals surface area contributed by atoms with Gasteiger partial charge in [-0.2, -0.15) is 9.61 Å². The van der Waals surface area contributed by atoms with Gasteiger partial charge in [0.1, 0.15) is 15.7 Å². The maximum atomic E-state index is 12.7. The Morgan fingerprint density at radius 2 is 1.88 bits per heavy atom. The van der Waals surface area contributed by atoms with E-state index < -0.39 is 15.1 Å². The first-order valence-corrected chi connectivity index (χ1v) is 10.2. The first-order valence-electron chi connectivity index (χ1n) is 7.38. The molecule has 24 heavy (non-hydrogen) atoms. The molecule has 0 aliphatic rings. The third-order valence-electron chi connectivity index (χ3n) is 3.73. The SMILES string of the molecule is CSc1nc2cc(-c3ccccc3)nn2c(N)c1S(=O)(=O)C(C)C. The molecule has 0 unspecified atom stereocenters. The Morgan fingerprint density at radius 3 is 2.46 bits per heavy atom. The number of benzene rings is 1. The third kappa shape index (κ3) is 2.65. The lowest BCUT2D eigenvalue weighted by molar-refractivity contribution is 0.583. The van der Waals surface area contributed by atoms with Gasteiger partial charge < -0.3 is 5.73 Å². The Morgan fingerprint density at radius 1 is 1.21 bits per heavy atom. The van der Waals surface area contributed by atoms with Crippen LogP contribution in [0.3, 0.4) is 0 Å². The van der Waals surface area contributed by atoms with Crippen molar-refractivity contribution in [3.8, 4) is 11.3 Å². The summed E-state index contributed by atoms with van der Waals surface area (Å²) in [6.07, 6.45) is 1.78.